The first-order chi connectivity index (χ1) is 11.5. The molecule has 2 unspecified atom stereocenters. The van der Waals surface area contributed by atoms with E-state index in [1.807, 2.05) is 24.3 Å². The van der Waals surface area contributed by atoms with Crippen molar-refractivity contribution in [3.8, 4) is 5.75 Å². The number of halogens is 4. The van der Waals surface area contributed by atoms with Crippen LogP contribution in [0.1, 0.15) is 5.56 Å². The lowest BCUT2D eigenvalue weighted by atomic mass is 10.1. The van der Waals surface area contributed by atoms with Gasteiger partial charge in [0.15, 0.2) is 0 Å². The third kappa shape index (κ3) is 4.26. The maximum absolute atomic E-state index is 6.12. The summed E-state index contributed by atoms with van der Waals surface area (Å²) in [6.07, 6.45) is -0.191. The molecule has 0 saturated carbocycles. The first-order valence-electron chi connectivity index (χ1n) is 7.23. The largest absolute Gasteiger partial charge is 0.491 e. The number of hydrogen-bond acceptors (Lipinski definition) is 3. The van der Waals surface area contributed by atoms with Gasteiger partial charge in [-0.25, -0.2) is 0 Å². The summed E-state index contributed by atoms with van der Waals surface area (Å²) in [6.45, 7) is 0.816. The molecule has 1 heterocycles. The molecule has 0 aliphatic carbocycles. The Morgan fingerprint density at radius 1 is 1.12 bits per heavy atom. The van der Waals surface area contributed by atoms with Crippen LogP contribution in [0.5, 0.6) is 5.75 Å². The molecule has 2 atom stereocenters. The van der Waals surface area contributed by atoms with Gasteiger partial charge in [0.05, 0.1) is 11.9 Å². The van der Waals surface area contributed by atoms with Crippen LogP contribution in [-0.4, -0.2) is 24.6 Å². The summed E-state index contributed by atoms with van der Waals surface area (Å²) < 4.78 is 18.8. The lowest BCUT2D eigenvalue weighted by molar-refractivity contribution is -0.159. The fourth-order valence-electron chi connectivity index (χ4n) is 2.44. The minimum atomic E-state index is -0.914. The van der Waals surface area contributed by atoms with Crippen molar-refractivity contribution in [2.24, 2.45) is 0 Å². The summed E-state index contributed by atoms with van der Waals surface area (Å²) in [7, 11) is 0. The molecule has 1 fully saturated rings. The van der Waals surface area contributed by atoms with Crippen molar-refractivity contribution in [1.82, 2.24) is 0 Å². The summed E-state index contributed by atoms with van der Waals surface area (Å²) in [5.74, 6) is -0.133. The number of benzene rings is 2. The third-order valence-corrected chi connectivity index (χ3v) is 5.29. The average molecular weight is 497 g/mol. The fourth-order valence-corrected chi connectivity index (χ4v) is 3.85. The van der Waals surface area contributed by atoms with Crippen LogP contribution in [0.3, 0.4) is 0 Å². The van der Waals surface area contributed by atoms with Gasteiger partial charge in [0.2, 0.25) is 5.79 Å². The van der Waals surface area contributed by atoms with Crippen molar-refractivity contribution in [3.63, 3.8) is 0 Å². The van der Waals surface area contributed by atoms with Gasteiger partial charge in [0, 0.05) is 20.1 Å². The molecule has 2 aromatic carbocycles. The van der Waals surface area contributed by atoms with E-state index >= 15 is 0 Å². The minimum Gasteiger partial charge on any atom is -0.491 e. The van der Waals surface area contributed by atoms with E-state index in [9.17, 15) is 0 Å². The van der Waals surface area contributed by atoms with Crippen molar-refractivity contribution >= 4 is 55.1 Å². The summed E-state index contributed by atoms with van der Waals surface area (Å²) in [6, 6.07) is 12.9. The maximum atomic E-state index is 6.12. The molecule has 2 aromatic rings. The van der Waals surface area contributed by atoms with Gasteiger partial charge in [-0.05, 0) is 42.5 Å². The standard InChI is InChI=1S/C17H14Br2Cl2O3/c18-10-17(11-5-13(20)7-14(21)6-11)23-9-16(24-17)8-22-15-3-1-12(19)2-4-15/h1-7,16H,8-10H2. The van der Waals surface area contributed by atoms with Gasteiger partial charge in [-0.3, -0.25) is 0 Å². The quantitative estimate of drug-likeness (QED) is 0.490. The zero-order valence-corrected chi connectivity index (χ0v) is 17.2. The first kappa shape index (κ1) is 18.5. The van der Waals surface area contributed by atoms with Gasteiger partial charge in [-0.15, -0.1) is 0 Å². The summed E-state index contributed by atoms with van der Waals surface area (Å²) in [5, 5.41) is 1.55. The highest BCUT2D eigenvalue weighted by molar-refractivity contribution is 9.10. The molecule has 0 bridgehead atoms. The summed E-state index contributed by atoms with van der Waals surface area (Å²) in [5.41, 5.74) is 0.781. The van der Waals surface area contributed by atoms with E-state index in [4.69, 9.17) is 37.4 Å². The van der Waals surface area contributed by atoms with Crippen molar-refractivity contribution in [3.05, 3.63) is 62.5 Å². The Morgan fingerprint density at radius 2 is 1.79 bits per heavy atom. The van der Waals surface area contributed by atoms with Gasteiger partial charge in [0.1, 0.15) is 18.5 Å². The van der Waals surface area contributed by atoms with Crippen molar-refractivity contribution in [1.29, 1.82) is 0 Å². The van der Waals surface area contributed by atoms with Gasteiger partial charge in [0.25, 0.3) is 0 Å². The van der Waals surface area contributed by atoms with E-state index < -0.39 is 5.79 Å². The number of alkyl halides is 1. The topological polar surface area (TPSA) is 27.7 Å². The molecule has 0 spiro atoms. The third-order valence-electron chi connectivity index (χ3n) is 3.59. The molecular formula is C17H14Br2Cl2O3. The zero-order chi connectivity index (χ0) is 17.2. The molecule has 3 rings (SSSR count). The molecule has 0 aromatic heterocycles. The number of rotatable bonds is 5. The smallest absolute Gasteiger partial charge is 0.205 e. The average Bonchev–Trinajstić information content (AvgIpc) is 2.98. The highest BCUT2D eigenvalue weighted by Gasteiger charge is 2.43. The molecule has 3 nitrogen and oxygen atoms in total. The lowest BCUT2D eigenvalue weighted by Crippen LogP contribution is -2.31. The van der Waals surface area contributed by atoms with Gasteiger partial charge < -0.3 is 14.2 Å². The van der Waals surface area contributed by atoms with E-state index in [1.165, 1.54) is 0 Å². The molecule has 24 heavy (non-hydrogen) atoms. The number of ether oxygens (including phenoxy) is 3. The highest BCUT2D eigenvalue weighted by atomic mass is 79.9. The zero-order valence-electron chi connectivity index (χ0n) is 12.5. The lowest BCUT2D eigenvalue weighted by Gasteiger charge is -2.26. The predicted octanol–water partition coefficient (Wildman–Crippen LogP) is 5.80. The maximum Gasteiger partial charge on any atom is 0.205 e. The van der Waals surface area contributed by atoms with E-state index in [2.05, 4.69) is 31.9 Å². The second-order valence-electron chi connectivity index (χ2n) is 5.36. The molecule has 128 valence electrons. The molecule has 0 N–H and O–H groups in total. The Bertz CT molecular complexity index is 691. The van der Waals surface area contributed by atoms with Crippen LogP contribution in [0.25, 0.3) is 0 Å². The Kier molecular flexibility index (Phi) is 6.11. The Labute approximate surface area is 167 Å². The molecular weight excluding hydrogens is 483 g/mol. The van der Waals surface area contributed by atoms with Crippen LogP contribution in [-0.2, 0) is 15.3 Å². The Balaban J connectivity index is 1.68. The predicted molar refractivity (Wildman–Crippen MR) is 102 cm³/mol. The normalized spacial score (nSPS) is 23.4. The fraction of sp³-hybridized carbons (Fsp3) is 0.294. The molecule has 0 amide bonds. The van der Waals surface area contributed by atoms with Crippen LogP contribution in [0.15, 0.2) is 46.9 Å². The molecule has 1 aliphatic rings. The molecule has 1 aliphatic heterocycles. The van der Waals surface area contributed by atoms with E-state index in [0.29, 0.717) is 28.6 Å². The Morgan fingerprint density at radius 3 is 2.42 bits per heavy atom. The van der Waals surface area contributed by atoms with Crippen molar-refractivity contribution in [2.45, 2.75) is 11.9 Å². The van der Waals surface area contributed by atoms with Crippen LogP contribution >= 0.6 is 55.1 Å². The SMILES string of the molecule is Clc1cc(Cl)cc(C2(CBr)OCC(COc3ccc(Br)cc3)O2)c1. The van der Waals surface area contributed by atoms with Gasteiger partial charge in [-0.2, -0.15) is 0 Å². The second-order valence-corrected chi connectivity index (χ2v) is 7.71. The van der Waals surface area contributed by atoms with E-state index in [-0.39, 0.29) is 6.10 Å². The van der Waals surface area contributed by atoms with Crippen LogP contribution < -0.4 is 4.74 Å². The van der Waals surface area contributed by atoms with Crippen LogP contribution in [0.4, 0.5) is 0 Å². The summed E-state index contributed by atoms with van der Waals surface area (Å²) >= 11 is 19.1. The molecule has 7 heteroatoms. The summed E-state index contributed by atoms with van der Waals surface area (Å²) in [4.78, 5) is 0. The molecule has 0 radical (unpaired) electrons. The van der Waals surface area contributed by atoms with E-state index in [1.54, 1.807) is 18.2 Å². The molecule has 1 saturated heterocycles. The van der Waals surface area contributed by atoms with Gasteiger partial charge in [-0.1, -0.05) is 55.1 Å². The number of hydrogen-bond donors (Lipinski definition) is 0. The first-order valence-corrected chi connectivity index (χ1v) is 9.90. The minimum absolute atomic E-state index is 0.191. The van der Waals surface area contributed by atoms with Crippen LogP contribution in [0, 0.1) is 0 Å². The van der Waals surface area contributed by atoms with E-state index in [0.717, 1.165) is 15.8 Å². The highest BCUT2D eigenvalue weighted by Crippen LogP contribution is 2.38. The van der Waals surface area contributed by atoms with Crippen LogP contribution in [0.2, 0.25) is 10.0 Å². The van der Waals surface area contributed by atoms with Crippen molar-refractivity contribution in [2.75, 3.05) is 18.5 Å². The Hall–Kier alpha value is -0.300. The second kappa shape index (κ2) is 7.94. The van der Waals surface area contributed by atoms with Crippen molar-refractivity contribution < 1.29 is 14.2 Å². The van der Waals surface area contributed by atoms with Gasteiger partial charge >= 0.3 is 0 Å². The monoisotopic (exact) mass is 494 g/mol.